The van der Waals surface area contributed by atoms with Gasteiger partial charge < -0.3 is 20.5 Å². The van der Waals surface area contributed by atoms with E-state index in [0.717, 1.165) is 26.9 Å². The van der Waals surface area contributed by atoms with Gasteiger partial charge in [0, 0.05) is 27.6 Å². The minimum atomic E-state index is -0.868. The van der Waals surface area contributed by atoms with Crippen LogP contribution in [0.4, 0.5) is 0 Å². The summed E-state index contributed by atoms with van der Waals surface area (Å²) >= 11 is 1.56. The second-order valence-corrected chi connectivity index (χ2v) is 9.77. The number of halogens is 2. The summed E-state index contributed by atoms with van der Waals surface area (Å²) in [5, 5.41) is 26.3. The van der Waals surface area contributed by atoms with Crippen LogP contribution in [0.2, 0.25) is 0 Å². The highest BCUT2D eigenvalue weighted by Crippen LogP contribution is 2.32. The SMILES string of the molecule is CC(=N)N1C[C@@H](Oc2ccc(C(Cc3cc4cc(C(=N)N)ccc4s3)C(=O)O)cc2)C[C@H]1C.Cl.Cl. The third-order valence-electron chi connectivity index (χ3n) is 6.13. The molecule has 0 radical (unpaired) electrons. The first-order valence-corrected chi connectivity index (χ1v) is 11.7. The van der Waals surface area contributed by atoms with Crippen LogP contribution in [0.25, 0.3) is 10.1 Å². The largest absolute Gasteiger partial charge is 0.489 e. The van der Waals surface area contributed by atoms with E-state index in [0.29, 0.717) is 30.1 Å². The van der Waals surface area contributed by atoms with Crippen LogP contribution in [0.1, 0.15) is 42.2 Å². The van der Waals surface area contributed by atoms with Crippen LogP contribution in [0.3, 0.4) is 0 Å². The number of nitrogen functional groups attached to an aromatic ring is 1. The summed E-state index contributed by atoms with van der Waals surface area (Å²) in [6, 6.07) is 15.2. The molecule has 0 aliphatic carbocycles. The molecule has 1 unspecified atom stereocenters. The molecule has 5 N–H and O–H groups in total. The van der Waals surface area contributed by atoms with E-state index in [4.69, 9.17) is 21.3 Å². The monoisotopic (exact) mass is 536 g/mol. The van der Waals surface area contributed by atoms with Gasteiger partial charge in [0.1, 0.15) is 17.7 Å². The van der Waals surface area contributed by atoms with Crippen LogP contribution in [0, 0.1) is 10.8 Å². The number of nitrogens with one attached hydrogen (secondary N) is 2. The Morgan fingerprint density at radius 3 is 2.46 bits per heavy atom. The number of carboxylic acid groups (broad SMARTS) is 1. The topological polar surface area (TPSA) is 123 Å². The van der Waals surface area contributed by atoms with Gasteiger partial charge in [-0.25, -0.2) is 0 Å². The number of nitrogens with two attached hydrogens (primary N) is 1. The molecule has 1 aromatic heterocycles. The molecule has 0 bridgehead atoms. The second-order valence-electron chi connectivity index (χ2n) is 8.61. The number of rotatable bonds is 7. The van der Waals surface area contributed by atoms with E-state index in [1.54, 1.807) is 18.3 Å². The normalized spacial score (nSPS) is 17.8. The van der Waals surface area contributed by atoms with Crippen molar-refractivity contribution >= 4 is 63.9 Å². The van der Waals surface area contributed by atoms with Crippen LogP contribution in [0.15, 0.2) is 48.5 Å². The number of amidine groups is 2. The highest BCUT2D eigenvalue weighted by Gasteiger charge is 2.31. The van der Waals surface area contributed by atoms with Crippen molar-refractivity contribution in [3.63, 3.8) is 0 Å². The number of hydrogen-bond donors (Lipinski definition) is 4. The molecule has 1 saturated heterocycles. The predicted molar refractivity (Wildman–Crippen MR) is 146 cm³/mol. The summed E-state index contributed by atoms with van der Waals surface area (Å²) in [6.07, 6.45) is 1.25. The standard InChI is InChI=1S/C25H28N4O3S.2ClH/c1-14-9-20(13-29(14)15(2)26)32-19-6-3-16(4-7-19)22(25(30)31)12-21-11-18-10-17(24(27)28)5-8-23(18)33-21;;/h3-8,10-11,14,20,22,26H,9,12-13H2,1-2H3,(H3,27,28)(H,30,31);2*1H/t14-,20+,22?;;/m1../s1. The lowest BCUT2D eigenvalue weighted by atomic mass is 9.95. The molecular formula is C25H30Cl2N4O3S. The maximum Gasteiger partial charge on any atom is 0.311 e. The third kappa shape index (κ3) is 6.45. The number of fused-ring (bicyclic) bond motifs is 1. The Labute approximate surface area is 221 Å². The molecule has 7 nitrogen and oxygen atoms in total. The summed E-state index contributed by atoms with van der Waals surface area (Å²) in [5.41, 5.74) is 6.98. The molecule has 35 heavy (non-hydrogen) atoms. The fraction of sp³-hybridized carbons (Fsp3) is 0.320. The van der Waals surface area contributed by atoms with Gasteiger partial charge in [0.05, 0.1) is 18.3 Å². The van der Waals surface area contributed by atoms with E-state index >= 15 is 0 Å². The Bertz CT molecular complexity index is 1220. The first-order valence-electron chi connectivity index (χ1n) is 10.9. The van der Waals surface area contributed by atoms with Crippen LogP contribution < -0.4 is 10.5 Å². The Hall–Kier alpha value is -2.81. The summed E-state index contributed by atoms with van der Waals surface area (Å²) in [4.78, 5) is 15.1. The Morgan fingerprint density at radius 2 is 1.89 bits per heavy atom. The highest BCUT2D eigenvalue weighted by atomic mass is 35.5. The molecule has 0 saturated carbocycles. The van der Waals surface area contributed by atoms with Crippen LogP contribution in [-0.4, -0.2) is 46.3 Å². The first-order chi connectivity index (χ1) is 15.7. The lowest BCUT2D eigenvalue weighted by Gasteiger charge is -2.21. The summed E-state index contributed by atoms with van der Waals surface area (Å²) in [7, 11) is 0. The zero-order chi connectivity index (χ0) is 23.7. The van der Waals surface area contributed by atoms with E-state index in [-0.39, 0.29) is 42.8 Å². The molecule has 0 amide bonds. The van der Waals surface area contributed by atoms with E-state index < -0.39 is 11.9 Å². The van der Waals surface area contributed by atoms with Crippen LogP contribution >= 0.6 is 36.2 Å². The molecule has 3 aromatic rings. The van der Waals surface area contributed by atoms with E-state index in [2.05, 4.69) is 6.92 Å². The van der Waals surface area contributed by atoms with Gasteiger partial charge in [-0.15, -0.1) is 36.2 Å². The number of carbonyl (C=O) groups is 1. The number of likely N-dealkylation sites (tertiary alicyclic amines) is 1. The number of hydrogen-bond acceptors (Lipinski definition) is 5. The summed E-state index contributed by atoms with van der Waals surface area (Å²) < 4.78 is 7.14. The zero-order valence-corrected chi connectivity index (χ0v) is 21.9. The van der Waals surface area contributed by atoms with Crippen molar-refractivity contribution in [2.24, 2.45) is 5.73 Å². The maximum absolute atomic E-state index is 12.1. The molecule has 188 valence electrons. The van der Waals surface area contributed by atoms with Crippen molar-refractivity contribution in [3.05, 3.63) is 64.5 Å². The smallest absolute Gasteiger partial charge is 0.311 e. The molecule has 2 aromatic carbocycles. The van der Waals surface area contributed by atoms with E-state index in [9.17, 15) is 9.90 Å². The average molecular weight is 538 g/mol. The number of nitrogens with zero attached hydrogens (tertiary/aromatic N) is 1. The number of carboxylic acids is 1. The van der Waals surface area contributed by atoms with Gasteiger partial charge in [-0.05, 0) is 67.6 Å². The van der Waals surface area contributed by atoms with Gasteiger partial charge in [-0.2, -0.15) is 0 Å². The van der Waals surface area contributed by atoms with Gasteiger partial charge >= 0.3 is 5.97 Å². The van der Waals surface area contributed by atoms with Crippen LogP contribution in [-0.2, 0) is 11.2 Å². The molecule has 1 fully saturated rings. The Kier molecular flexibility index (Phi) is 9.54. The summed E-state index contributed by atoms with van der Waals surface area (Å²) in [6.45, 7) is 4.57. The second kappa shape index (κ2) is 11.7. The van der Waals surface area contributed by atoms with Crippen molar-refractivity contribution in [2.75, 3.05) is 6.54 Å². The first kappa shape index (κ1) is 28.4. The molecule has 4 rings (SSSR count). The van der Waals surface area contributed by atoms with Crippen molar-refractivity contribution in [1.29, 1.82) is 10.8 Å². The van der Waals surface area contributed by atoms with Crippen LogP contribution in [0.5, 0.6) is 5.75 Å². The van der Waals surface area contributed by atoms with Gasteiger partial charge in [-0.3, -0.25) is 15.6 Å². The van der Waals surface area contributed by atoms with Gasteiger partial charge in [0.15, 0.2) is 0 Å². The number of benzene rings is 2. The van der Waals surface area contributed by atoms with Gasteiger partial charge in [0.2, 0.25) is 0 Å². The highest BCUT2D eigenvalue weighted by molar-refractivity contribution is 7.19. The van der Waals surface area contributed by atoms with E-state index in [1.807, 2.05) is 53.4 Å². The van der Waals surface area contributed by atoms with E-state index in [1.165, 1.54) is 0 Å². The molecular weight excluding hydrogens is 507 g/mol. The molecule has 10 heteroatoms. The number of aliphatic carboxylic acids is 1. The minimum absolute atomic E-state index is 0. The van der Waals surface area contributed by atoms with Crippen molar-refractivity contribution < 1.29 is 14.6 Å². The zero-order valence-electron chi connectivity index (χ0n) is 19.5. The fourth-order valence-electron chi connectivity index (χ4n) is 4.42. The number of ether oxygens (including phenoxy) is 1. The maximum atomic E-state index is 12.1. The van der Waals surface area contributed by atoms with Gasteiger partial charge in [0.25, 0.3) is 0 Å². The molecule has 3 atom stereocenters. The number of thiophene rings is 1. The lowest BCUT2D eigenvalue weighted by molar-refractivity contribution is -0.138. The van der Waals surface area contributed by atoms with Crippen molar-refractivity contribution in [3.8, 4) is 5.75 Å². The third-order valence-corrected chi connectivity index (χ3v) is 7.27. The lowest BCUT2D eigenvalue weighted by Crippen LogP contribution is -2.32. The van der Waals surface area contributed by atoms with Crippen molar-refractivity contribution in [1.82, 2.24) is 4.90 Å². The predicted octanol–water partition coefficient (Wildman–Crippen LogP) is 5.28. The fourth-order valence-corrected chi connectivity index (χ4v) is 5.51. The molecule has 0 spiro atoms. The summed E-state index contributed by atoms with van der Waals surface area (Å²) in [5.74, 6) is -0.257. The Morgan fingerprint density at radius 1 is 1.20 bits per heavy atom. The Balaban J connectivity index is 0.00000216. The van der Waals surface area contributed by atoms with Gasteiger partial charge in [-0.1, -0.05) is 12.1 Å². The average Bonchev–Trinajstić information content (AvgIpc) is 3.34. The minimum Gasteiger partial charge on any atom is -0.489 e. The quantitative estimate of drug-likeness (QED) is 0.241. The van der Waals surface area contributed by atoms with Crippen molar-refractivity contribution in [2.45, 2.75) is 44.8 Å². The molecule has 1 aliphatic rings. The molecule has 2 heterocycles. The molecule has 1 aliphatic heterocycles.